The summed E-state index contributed by atoms with van der Waals surface area (Å²) < 4.78 is 0. The van der Waals surface area contributed by atoms with Crippen LogP contribution < -0.4 is 10.2 Å². The molecule has 5 heteroatoms. The normalized spacial score (nSPS) is 15.2. The van der Waals surface area contributed by atoms with E-state index in [1.807, 2.05) is 6.92 Å². The van der Waals surface area contributed by atoms with Gasteiger partial charge < -0.3 is 10.2 Å². The Balaban J connectivity index is 1.79. The first-order chi connectivity index (χ1) is 8.29. The highest BCUT2D eigenvalue weighted by Crippen LogP contribution is 2.24. The molecule has 2 heterocycles. The van der Waals surface area contributed by atoms with Crippen molar-refractivity contribution in [1.82, 2.24) is 10.3 Å². The fourth-order valence-electron chi connectivity index (χ4n) is 1.92. The molecule has 1 fully saturated rings. The number of anilines is 1. The SMILES string of the molecule is CCC(=O)NCCc1csc(N2CCCC2)n1. The summed E-state index contributed by atoms with van der Waals surface area (Å²) in [5.74, 6) is 0.111. The van der Waals surface area contributed by atoms with E-state index in [1.165, 1.54) is 12.8 Å². The van der Waals surface area contributed by atoms with Gasteiger partial charge in [0.15, 0.2) is 5.13 Å². The highest BCUT2D eigenvalue weighted by atomic mass is 32.1. The lowest BCUT2D eigenvalue weighted by Crippen LogP contribution is -2.24. The molecule has 2 rings (SSSR count). The molecule has 0 radical (unpaired) electrons. The van der Waals surface area contributed by atoms with Crippen LogP contribution >= 0.6 is 11.3 Å². The standard InChI is InChI=1S/C12H19N3OS/c1-2-11(16)13-6-5-10-9-17-12(14-10)15-7-3-4-8-15/h9H,2-8H2,1H3,(H,13,16). The average Bonchev–Trinajstić information content (AvgIpc) is 2.98. The number of nitrogens with zero attached hydrogens (tertiary/aromatic N) is 2. The highest BCUT2D eigenvalue weighted by molar-refractivity contribution is 7.13. The minimum atomic E-state index is 0.111. The van der Waals surface area contributed by atoms with Gasteiger partial charge in [0.05, 0.1) is 5.69 Å². The second-order valence-corrected chi connectivity index (χ2v) is 5.11. The molecule has 17 heavy (non-hydrogen) atoms. The third kappa shape index (κ3) is 3.43. The molecule has 0 aromatic carbocycles. The zero-order valence-electron chi connectivity index (χ0n) is 10.2. The Kier molecular flexibility index (Phi) is 4.36. The second kappa shape index (κ2) is 6.00. The van der Waals surface area contributed by atoms with Gasteiger partial charge in [-0.25, -0.2) is 4.98 Å². The number of amides is 1. The van der Waals surface area contributed by atoms with Crippen molar-refractivity contribution in [2.45, 2.75) is 32.6 Å². The fourth-order valence-corrected chi connectivity index (χ4v) is 2.83. The quantitative estimate of drug-likeness (QED) is 0.870. The predicted octanol–water partition coefficient (Wildman–Crippen LogP) is 1.81. The molecule has 1 aliphatic heterocycles. The summed E-state index contributed by atoms with van der Waals surface area (Å²) in [5.41, 5.74) is 1.09. The van der Waals surface area contributed by atoms with E-state index in [-0.39, 0.29) is 5.91 Å². The Morgan fingerprint density at radius 1 is 1.53 bits per heavy atom. The van der Waals surface area contributed by atoms with Gasteiger partial charge in [0, 0.05) is 37.9 Å². The Morgan fingerprint density at radius 3 is 3.00 bits per heavy atom. The van der Waals surface area contributed by atoms with Gasteiger partial charge in [-0.15, -0.1) is 11.3 Å². The van der Waals surface area contributed by atoms with E-state index in [0.29, 0.717) is 13.0 Å². The van der Waals surface area contributed by atoms with Crippen molar-refractivity contribution in [3.63, 3.8) is 0 Å². The van der Waals surface area contributed by atoms with Crippen LogP contribution in [0.5, 0.6) is 0 Å². The number of aromatic nitrogens is 1. The first-order valence-corrected chi connectivity index (χ1v) is 7.13. The van der Waals surface area contributed by atoms with Gasteiger partial charge in [0.1, 0.15) is 0 Å². The van der Waals surface area contributed by atoms with Crippen molar-refractivity contribution in [3.8, 4) is 0 Å². The molecular weight excluding hydrogens is 234 g/mol. The van der Waals surface area contributed by atoms with Crippen LogP contribution in [-0.2, 0) is 11.2 Å². The monoisotopic (exact) mass is 253 g/mol. The number of hydrogen-bond donors (Lipinski definition) is 1. The molecular formula is C12H19N3OS. The molecule has 1 amide bonds. The van der Waals surface area contributed by atoms with Gasteiger partial charge in [-0.2, -0.15) is 0 Å². The lowest BCUT2D eigenvalue weighted by atomic mass is 10.3. The van der Waals surface area contributed by atoms with Crippen molar-refractivity contribution in [2.24, 2.45) is 0 Å². The average molecular weight is 253 g/mol. The van der Waals surface area contributed by atoms with Crippen LogP contribution in [0.3, 0.4) is 0 Å². The summed E-state index contributed by atoms with van der Waals surface area (Å²) in [5, 5.41) is 6.11. The molecule has 0 aliphatic carbocycles. The van der Waals surface area contributed by atoms with Crippen LogP contribution in [0.2, 0.25) is 0 Å². The lowest BCUT2D eigenvalue weighted by Gasteiger charge is -2.12. The molecule has 94 valence electrons. The van der Waals surface area contributed by atoms with Gasteiger partial charge in [0.2, 0.25) is 5.91 Å². The third-order valence-corrected chi connectivity index (χ3v) is 3.89. The summed E-state index contributed by atoms with van der Waals surface area (Å²) in [6.07, 6.45) is 3.94. The van der Waals surface area contributed by atoms with Crippen LogP contribution in [0.15, 0.2) is 5.38 Å². The van der Waals surface area contributed by atoms with Gasteiger partial charge in [-0.05, 0) is 12.8 Å². The maximum absolute atomic E-state index is 11.1. The van der Waals surface area contributed by atoms with E-state index in [0.717, 1.165) is 30.3 Å². The smallest absolute Gasteiger partial charge is 0.219 e. The minimum Gasteiger partial charge on any atom is -0.356 e. The van der Waals surface area contributed by atoms with Gasteiger partial charge >= 0.3 is 0 Å². The van der Waals surface area contributed by atoms with Crippen molar-refractivity contribution in [1.29, 1.82) is 0 Å². The molecule has 0 atom stereocenters. The molecule has 0 bridgehead atoms. The van der Waals surface area contributed by atoms with E-state index in [2.05, 4.69) is 20.6 Å². The summed E-state index contributed by atoms with van der Waals surface area (Å²) in [6.45, 7) is 4.83. The van der Waals surface area contributed by atoms with Crippen LogP contribution in [-0.4, -0.2) is 30.5 Å². The molecule has 0 saturated carbocycles. The highest BCUT2D eigenvalue weighted by Gasteiger charge is 2.15. The molecule has 1 saturated heterocycles. The zero-order valence-corrected chi connectivity index (χ0v) is 11.1. The molecule has 1 aromatic rings. The maximum Gasteiger partial charge on any atom is 0.219 e. The Morgan fingerprint density at radius 2 is 2.29 bits per heavy atom. The summed E-state index contributed by atoms with van der Waals surface area (Å²) in [4.78, 5) is 18.0. The molecule has 0 unspecified atom stereocenters. The van der Waals surface area contributed by atoms with E-state index in [4.69, 9.17) is 0 Å². The van der Waals surface area contributed by atoms with Crippen molar-refractivity contribution >= 4 is 22.4 Å². The number of hydrogen-bond acceptors (Lipinski definition) is 4. The number of nitrogens with one attached hydrogen (secondary N) is 1. The van der Waals surface area contributed by atoms with E-state index < -0.39 is 0 Å². The summed E-state index contributed by atoms with van der Waals surface area (Å²) in [7, 11) is 0. The Labute approximate surface area is 106 Å². The zero-order chi connectivity index (χ0) is 12.1. The van der Waals surface area contributed by atoms with Crippen LogP contribution in [0, 0.1) is 0 Å². The van der Waals surface area contributed by atoms with Gasteiger partial charge in [0.25, 0.3) is 0 Å². The van der Waals surface area contributed by atoms with E-state index in [1.54, 1.807) is 11.3 Å². The van der Waals surface area contributed by atoms with E-state index >= 15 is 0 Å². The molecule has 1 aromatic heterocycles. The minimum absolute atomic E-state index is 0.111. The molecule has 0 spiro atoms. The Bertz CT molecular complexity index is 372. The molecule has 4 nitrogen and oxygen atoms in total. The molecule has 1 aliphatic rings. The maximum atomic E-state index is 11.1. The fraction of sp³-hybridized carbons (Fsp3) is 0.667. The number of thiazole rings is 1. The first-order valence-electron chi connectivity index (χ1n) is 6.25. The van der Waals surface area contributed by atoms with E-state index in [9.17, 15) is 4.79 Å². The lowest BCUT2D eigenvalue weighted by molar-refractivity contribution is -0.120. The second-order valence-electron chi connectivity index (χ2n) is 4.27. The molecule has 1 N–H and O–H groups in total. The van der Waals surface area contributed by atoms with Gasteiger partial charge in [-0.1, -0.05) is 6.92 Å². The van der Waals surface area contributed by atoms with Crippen molar-refractivity contribution < 1.29 is 4.79 Å². The number of carbonyl (C=O) groups is 1. The number of carbonyl (C=O) groups excluding carboxylic acids is 1. The topological polar surface area (TPSA) is 45.2 Å². The van der Waals surface area contributed by atoms with Crippen molar-refractivity contribution in [3.05, 3.63) is 11.1 Å². The largest absolute Gasteiger partial charge is 0.356 e. The first kappa shape index (κ1) is 12.4. The summed E-state index contributed by atoms with van der Waals surface area (Å²) >= 11 is 1.71. The summed E-state index contributed by atoms with van der Waals surface area (Å²) in [6, 6.07) is 0. The third-order valence-electron chi connectivity index (χ3n) is 2.94. The van der Waals surface area contributed by atoms with Crippen LogP contribution in [0.1, 0.15) is 31.9 Å². The van der Waals surface area contributed by atoms with Crippen LogP contribution in [0.25, 0.3) is 0 Å². The van der Waals surface area contributed by atoms with Crippen LogP contribution in [0.4, 0.5) is 5.13 Å². The van der Waals surface area contributed by atoms with Gasteiger partial charge in [-0.3, -0.25) is 4.79 Å². The number of rotatable bonds is 5. The van der Waals surface area contributed by atoms with Crippen molar-refractivity contribution in [2.75, 3.05) is 24.5 Å². The Hall–Kier alpha value is -1.10. The predicted molar refractivity (Wildman–Crippen MR) is 70.6 cm³/mol.